The molecule has 0 aliphatic carbocycles. The molecular weight excluding hydrogens is 615 g/mol. The van der Waals surface area contributed by atoms with E-state index < -0.39 is 0 Å². The number of aryl methyl sites for hydroxylation is 1. The molecule has 1 heterocycles. The van der Waals surface area contributed by atoms with E-state index in [9.17, 15) is 9.59 Å². The van der Waals surface area contributed by atoms with Crippen molar-refractivity contribution in [2.75, 3.05) is 13.7 Å². The molecule has 1 aromatic heterocycles. The number of aromatic nitrogens is 1. The second kappa shape index (κ2) is 21.6. The van der Waals surface area contributed by atoms with E-state index in [4.69, 9.17) is 9.47 Å². The van der Waals surface area contributed by atoms with E-state index in [-0.39, 0.29) is 42.3 Å². The molecule has 0 spiro atoms. The average Bonchev–Trinajstić information content (AvgIpc) is 2.94. The molecule has 0 fully saturated rings. The number of rotatable bonds is 20. The van der Waals surface area contributed by atoms with E-state index in [0.29, 0.717) is 23.7 Å². The summed E-state index contributed by atoms with van der Waals surface area (Å²) in [6, 6.07) is 11.0. The Labute approximate surface area is 259 Å². The van der Waals surface area contributed by atoms with E-state index in [1.807, 2.05) is 24.4 Å². The molecule has 0 atom stereocenters. The van der Waals surface area contributed by atoms with Gasteiger partial charge in [-0.1, -0.05) is 90.5 Å². The molecule has 0 saturated carbocycles. The lowest BCUT2D eigenvalue weighted by Crippen LogP contribution is -3.00. The second-order valence-electron chi connectivity index (χ2n) is 10.4. The minimum atomic E-state index is -0.340. The number of halogens is 1. The molecule has 0 aliphatic heterocycles. The number of carbonyl (C=O) groups is 2. The molecule has 224 valence electrons. The normalized spacial score (nSPS) is 10.6. The molecule has 0 saturated heterocycles. The van der Waals surface area contributed by atoms with E-state index in [2.05, 4.69) is 18.4 Å². The van der Waals surface area contributed by atoms with Gasteiger partial charge < -0.3 is 33.5 Å². The van der Waals surface area contributed by atoms with Crippen LogP contribution in [0.5, 0.6) is 11.5 Å². The molecule has 0 N–H and O–H groups in total. The quantitative estimate of drug-likeness (QED) is 0.117. The molecule has 2 aromatic rings. The molecule has 2 rings (SSSR count). The number of pyridine rings is 1. The number of hydrogen-bond donors (Lipinski definition) is 0. The Bertz CT molecular complexity index is 998. The summed E-state index contributed by atoms with van der Waals surface area (Å²) in [4.78, 5) is 27.2. The largest absolute Gasteiger partial charge is 1.00 e. The third-order valence-corrected chi connectivity index (χ3v) is 7.11. The zero-order valence-corrected chi connectivity index (χ0v) is 27.4. The maximum atomic E-state index is 13.4. The Hall–Kier alpha value is -2.16. The predicted octanol–water partition coefficient (Wildman–Crippen LogP) is 4.67. The number of hydrogen-bond acceptors (Lipinski definition) is 4. The van der Waals surface area contributed by atoms with Crippen LogP contribution in [-0.4, -0.2) is 30.4 Å². The van der Waals surface area contributed by atoms with Crippen molar-refractivity contribution in [3.8, 4) is 11.5 Å². The van der Waals surface area contributed by atoms with Crippen LogP contribution < -0.4 is 38.0 Å². The van der Waals surface area contributed by atoms with E-state index in [0.717, 1.165) is 31.5 Å². The molecule has 1 aromatic carbocycles. The first-order valence-electron chi connectivity index (χ1n) is 15.1. The van der Waals surface area contributed by atoms with Gasteiger partial charge in [0, 0.05) is 31.0 Å². The third-order valence-electron chi connectivity index (χ3n) is 7.11. The molecule has 0 aliphatic rings. The van der Waals surface area contributed by atoms with Crippen LogP contribution in [-0.2, 0) is 17.9 Å². The predicted molar refractivity (Wildman–Crippen MR) is 157 cm³/mol. The van der Waals surface area contributed by atoms with Gasteiger partial charge in [-0.05, 0) is 24.6 Å². The van der Waals surface area contributed by atoms with Crippen molar-refractivity contribution in [3.05, 3.63) is 53.9 Å². The Kier molecular flexibility index (Phi) is 19.3. The molecule has 0 radical (unpaired) electrons. The monoisotopic (exact) mass is 666 g/mol. The number of benzene rings is 1. The van der Waals surface area contributed by atoms with Gasteiger partial charge in [0.05, 0.1) is 13.7 Å². The van der Waals surface area contributed by atoms with E-state index in [1.54, 1.807) is 25.3 Å². The molecule has 40 heavy (non-hydrogen) atoms. The number of imide groups is 1. The van der Waals surface area contributed by atoms with Crippen molar-refractivity contribution in [2.45, 2.75) is 117 Å². The van der Waals surface area contributed by atoms with Crippen molar-refractivity contribution < 1.29 is 47.6 Å². The van der Waals surface area contributed by atoms with Crippen LogP contribution in [0, 0.1) is 0 Å². The van der Waals surface area contributed by atoms with Crippen molar-refractivity contribution in [1.82, 2.24) is 4.90 Å². The second-order valence-corrected chi connectivity index (χ2v) is 10.4. The molecule has 2 amide bonds. The lowest BCUT2D eigenvalue weighted by Gasteiger charge is -2.19. The highest BCUT2D eigenvalue weighted by Crippen LogP contribution is 2.29. The standard InChI is InChI=1S/C33H51N2O4.HI/c1-5-7-8-9-10-11-12-13-14-15-16-19-25-39-32-26-29(21-22-31(32)38-4)33(37)35(28(3)36)27-30-20-17-18-24-34(30)23-6-2;/h17-18,20-22,24,26H,5-16,19,23,25,27H2,1-4H3;1H/q+1;/p-1. The Morgan fingerprint density at radius 2 is 1.43 bits per heavy atom. The summed E-state index contributed by atoms with van der Waals surface area (Å²) in [6.07, 6.45) is 18.4. The fraction of sp³-hybridized carbons (Fsp3) is 0.606. The van der Waals surface area contributed by atoms with Gasteiger partial charge in [0.15, 0.2) is 17.7 Å². The van der Waals surface area contributed by atoms with Crippen molar-refractivity contribution in [2.24, 2.45) is 0 Å². The van der Waals surface area contributed by atoms with Gasteiger partial charge in [-0.3, -0.25) is 14.5 Å². The lowest BCUT2D eigenvalue weighted by molar-refractivity contribution is -0.704. The maximum Gasteiger partial charge on any atom is 0.261 e. The molecular formula is C33H51IN2O4. The van der Waals surface area contributed by atoms with Crippen LogP contribution in [0.25, 0.3) is 0 Å². The van der Waals surface area contributed by atoms with Crippen molar-refractivity contribution in [3.63, 3.8) is 0 Å². The number of ether oxygens (including phenoxy) is 2. The molecule has 6 nitrogen and oxygen atoms in total. The van der Waals surface area contributed by atoms with E-state index in [1.165, 1.54) is 76.0 Å². The van der Waals surface area contributed by atoms with Crippen molar-refractivity contribution in [1.29, 1.82) is 0 Å². The Morgan fingerprint density at radius 3 is 2.00 bits per heavy atom. The van der Waals surface area contributed by atoms with Crippen LogP contribution in [0.1, 0.15) is 120 Å². The smallest absolute Gasteiger partial charge is 0.261 e. The Morgan fingerprint density at radius 1 is 0.800 bits per heavy atom. The first-order valence-corrected chi connectivity index (χ1v) is 15.1. The van der Waals surface area contributed by atoms with Crippen LogP contribution >= 0.6 is 0 Å². The highest BCUT2D eigenvalue weighted by molar-refractivity contribution is 6.04. The van der Waals surface area contributed by atoms with Gasteiger partial charge in [0.2, 0.25) is 11.6 Å². The summed E-state index contributed by atoms with van der Waals surface area (Å²) in [6.45, 7) is 7.42. The summed E-state index contributed by atoms with van der Waals surface area (Å²) in [5, 5.41) is 0. The number of methoxy groups -OCH3 is 1. The SMILES string of the molecule is CCCCCCCCCCCCCCOc1cc(C(=O)N(Cc2cccc[n+]2CCC)C(C)=O)ccc1OC.[I-]. The number of carbonyl (C=O) groups excluding carboxylic acids is 2. The zero-order chi connectivity index (χ0) is 28.3. The summed E-state index contributed by atoms with van der Waals surface area (Å²) in [5.41, 5.74) is 1.33. The van der Waals surface area contributed by atoms with Gasteiger partial charge in [0.1, 0.15) is 13.1 Å². The van der Waals surface area contributed by atoms with Crippen molar-refractivity contribution >= 4 is 11.8 Å². The minimum Gasteiger partial charge on any atom is -1.00 e. The number of unbranched alkanes of at least 4 members (excludes halogenated alkanes) is 11. The fourth-order valence-corrected chi connectivity index (χ4v) is 4.81. The molecule has 7 heteroatoms. The number of nitrogens with zero attached hydrogens (tertiary/aromatic N) is 2. The van der Waals surface area contributed by atoms with Crippen LogP contribution in [0.4, 0.5) is 0 Å². The van der Waals surface area contributed by atoms with Gasteiger partial charge in [-0.15, -0.1) is 0 Å². The van der Waals surface area contributed by atoms with Crippen LogP contribution in [0.2, 0.25) is 0 Å². The van der Waals surface area contributed by atoms with Crippen LogP contribution in [0.15, 0.2) is 42.6 Å². The van der Waals surface area contributed by atoms with Gasteiger partial charge in [-0.25, -0.2) is 4.57 Å². The highest BCUT2D eigenvalue weighted by atomic mass is 127. The summed E-state index contributed by atoms with van der Waals surface area (Å²) in [7, 11) is 1.59. The third kappa shape index (κ3) is 13.0. The summed E-state index contributed by atoms with van der Waals surface area (Å²) < 4.78 is 13.6. The molecule has 0 unspecified atom stereocenters. The molecule has 0 bridgehead atoms. The van der Waals surface area contributed by atoms with Crippen LogP contribution in [0.3, 0.4) is 0 Å². The Balaban J connectivity index is 0.00000800. The van der Waals surface area contributed by atoms with Gasteiger partial charge >= 0.3 is 0 Å². The summed E-state index contributed by atoms with van der Waals surface area (Å²) in [5.74, 6) is 0.494. The first-order chi connectivity index (χ1) is 19.0. The fourth-order valence-electron chi connectivity index (χ4n) is 4.81. The van der Waals surface area contributed by atoms with E-state index >= 15 is 0 Å². The summed E-state index contributed by atoms with van der Waals surface area (Å²) >= 11 is 0. The van der Waals surface area contributed by atoms with Gasteiger partial charge in [-0.2, -0.15) is 0 Å². The number of amides is 2. The maximum absolute atomic E-state index is 13.4. The topological polar surface area (TPSA) is 59.7 Å². The zero-order valence-electron chi connectivity index (χ0n) is 25.3. The van der Waals surface area contributed by atoms with Gasteiger partial charge in [0.25, 0.3) is 5.91 Å². The minimum absolute atomic E-state index is 0. The highest BCUT2D eigenvalue weighted by Gasteiger charge is 2.25. The first kappa shape index (κ1) is 35.9. The average molecular weight is 667 g/mol. The lowest BCUT2D eigenvalue weighted by atomic mass is 10.1.